The molecule has 1 rings (SSSR count). The number of aliphatic carboxylic acids is 1. The summed E-state index contributed by atoms with van der Waals surface area (Å²) >= 11 is 0. The van der Waals surface area contributed by atoms with E-state index in [2.05, 4.69) is 4.90 Å². The van der Waals surface area contributed by atoms with Crippen molar-refractivity contribution in [1.82, 2.24) is 4.90 Å². The highest BCUT2D eigenvalue weighted by molar-refractivity contribution is 5.66. The second-order valence-electron chi connectivity index (χ2n) is 4.53. The summed E-state index contributed by atoms with van der Waals surface area (Å²) in [6, 6.07) is 6.64. The van der Waals surface area contributed by atoms with Crippen LogP contribution in [0.25, 0.3) is 0 Å². The van der Waals surface area contributed by atoms with Crippen LogP contribution in [-0.4, -0.2) is 36.1 Å². The van der Waals surface area contributed by atoms with Gasteiger partial charge in [0.2, 0.25) is 0 Å². The van der Waals surface area contributed by atoms with Gasteiger partial charge in [-0.1, -0.05) is 12.1 Å². The minimum absolute atomic E-state index is 0.198. The average Bonchev–Trinajstić information content (AvgIpc) is 2.32. The van der Waals surface area contributed by atoms with Gasteiger partial charge in [0, 0.05) is 13.0 Å². The third-order valence-electron chi connectivity index (χ3n) is 2.85. The van der Waals surface area contributed by atoms with E-state index >= 15 is 0 Å². The number of carbonyl (C=O) groups is 1. The monoisotopic (exact) mass is 253 g/mol. The van der Waals surface area contributed by atoms with Crippen molar-refractivity contribution in [1.29, 1.82) is 0 Å². The fraction of sp³-hybridized carbons (Fsp3) is 0.500. The van der Waals surface area contributed by atoms with Crippen LogP contribution in [0, 0.1) is 5.82 Å². The molecule has 3 nitrogen and oxygen atoms in total. The lowest BCUT2D eigenvalue weighted by molar-refractivity contribution is -0.137. The van der Waals surface area contributed by atoms with E-state index < -0.39 is 5.97 Å². The molecule has 0 aliphatic heterocycles. The zero-order chi connectivity index (χ0) is 13.4. The first-order valence-corrected chi connectivity index (χ1v) is 6.22. The molecular weight excluding hydrogens is 233 g/mol. The number of nitrogens with zero attached hydrogens (tertiary/aromatic N) is 1. The van der Waals surface area contributed by atoms with E-state index in [0.717, 1.165) is 31.5 Å². The first kappa shape index (κ1) is 14.6. The van der Waals surface area contributed by atoms with Gasteiger partial charge in [0.25, 0.3) is 0 Å². The van der Waals surface area contributed by atoms with Crippen LogP contribution in [0.1, 0.15) is 24.8 Å². The molecule has 0 aromatic heterocycles. The third-order valence-corrected chi connectivity index (χ3v) is 2.85. The highest BCUT2D eigenvalue weighted by Gasteiger charge is 2.02. The molecule has 0 bridgehead atoms. The van der Waals surface area contributed by atoms with Crippen LogP contribution < -0.4 is 0 Å². The normalized spacial score (nSPS) is 10.8. The second kappa shape index (κ2) is 7.82. The Morgan fingerprint density at radius 1 is 1.33 bits per heavy atom. The lowest BCUT2D eigenvalue weighted by Gasteiger charge is -2.16. The Labute approximate surface area is 107 Å². The molecule has 1 N–H and O–H groups in total. The summed E-state index contributed by atoms with van der Waals surface area (Å²) in [6.07, 6.45) is 2.64. The third kappa shape index (κ3) is 6.35. The van der Waals surface area contributed by atoms with Crippen molar-refractivity contribution in [2.24, 2.45) is 0 Å². The molecule has 1 aromatic rings. The van der Waals surface area contributed by atoms with Crippen LogP contribution in [-0.2, 0) is 11.2 Å². The molecular formula is C14H20FNO2. The molecule has 4 heteroatoms. The predicted octanol–water partition coefficient (Wildman–Crippen LogP) is 2.55. The Balaban J connectivity index is 2.17. The summed E-state index contributed by atoms with van der Waals surface area (Å²) in [5, 5.41) is 8.51. The van der Waals surface area contributed by atoms with E-state index in [-0.39, 0.29) is 12.2 Å². The number of halogens is 1. The van der Waals surface area contributed by atoms with Crippen molar-refractivity contribution in [3.05, 3.63) is 35.6 Å². The highest BCUT2D eigenvalue weighted by Crippen LogP contribution is 2.05. The fourth-order valence-corrected chi connectivity index (χ4v) is 1.78. The lowest BCUT2D eigenvalue weighted by Crippen LogP contribution is -2.22. The van der Waals surface area contributed by atoms with Gasteiger partial charge in [0.05, 0.1) is 0 Å². The van der Waals surface area contributed by atoms with E-state index in [4.69, 9.17) is 5.11 Å². The van der Waals surface area contributed by atoms with Gasteiger partial charge < -0.3 is 10.0 Å². The standard InChI is InChI=1S/C14H20FNO2/c1-16(9-3-2-7-14(17)18)10-8-12-5-4-6-13(15)11-12/h4-6,11H,2-3,7-10H2,1H3,(H,17,18). The molecule has 0 atom stereocenters. The van der Waals surface area contributed by atoms with Crippen molar-refractivity contribution in [3.8, 4) is 0 Å². The van der Waals surface area contributed by atoms with Crippen LogP contribution in [0.5, 0.6) is 0 Å². The minimum atomic E-state index is -0.739. The molecule has 18 heavy (non-hydrogen) atoms. The van der Waals surface area contributed by atoms with Crippen LogP contribution in [0.15, 0.2) is 24.3 Å². The second-order valence-corrected chi connectivity index (χ2v) is 4.53. The Morgan fingerprint density at radius 3 is 2.78 bits per heavy atom. The summed E-state index contributed by atoms with van der Waals surface area (Å²) in [7, 11) is 2.00. The molecule has 0 amide bonds. The van der Waals surface area contributed by atoms with Gasteiger partial charge in [0.1, 0.15) is 5.82 Å². The van der Waals surface area contributed by atoms with E-state index in [1.165, 1.54) is 6.07 Å². The van der Waals surface area contributed by atoms with Gasteiger partial charge in [-0.05, 0) is 50.6 Å². The van der Waals surface area contributed by atoms with E-state index in [9.17, 15) is 9.18 Å². The molecule has 0 aliphatic rings. The van der Waals surface area contributed by atoms with Gasteiger partial charge in [-0.25, -0.2) is 4.39 Å². The number of likely N-dealkylation sites (N-methyl/N-ethyl adjacent to an activating group) is 1. The molecule has 0 saturated carbocycles. The topological polar surface area (TPSA) is 40.5 Å². The number of unbranched alkanes of at least 4 members (excludes halogenated alkanes) is 1. The van der Waals surface area contributed by atoms with Crippen LogP contribution in [0.4, 0.5) is 4.39 Å². The maximum atomic E-state index is 12.9. The minimum Gasteiger partial charge on any atom is -0.481 e. The molecule has 0 aliphatic carbocycles. The number of hydrogen-bond donors (Lipinski definition) is 1. The maximum absolute atomic E-state index is 12.9. The largest absolute Gasteiger partial charge is 0.481 e. The molecule has 0 saturated heterocycles. The maximum Gasteiger partial charge on any atom is 0.303 e. The predicted molar refractivity (Wildman–Crippen MR) is 69.1 cm³/mol. The number of carboxylic acids is 1. The molecule has 1 aromatic carbocycles. The Morgan fingerprint density at radius 2 is 2.11 bits per heavy atom. The lowest BCUT2D eigenvalue weighted by atomic mass is 10.1. The molecule has 0 heterocycles. The van der Waals surface area contributed by atoms with Crippen molar-refractivity contribution < 1.29 is 14.3 Å². The van der Waals surface area contributed by atoms with E-state index in [0.29, 0.717) is 6.42 Å². The quantitative estimate of drug-likeness (QED) is 0.724. The number of hydrogen-bond acceptors (Lipinski definition) is 2. The molecule has 0 spiro atoms. The van der Waals surface area contributed by atoms with Gasteiger partial charge in [0.15, 0.2) is 0 Å². The summed E-state index contributed by atoms with van der Waals surface area (Å²) in [6.45, 7) is 1.74. The number of rotatable bonds is 8. The van der Waals surface area contributed by atoms with Gasteiger partial charge in [-0.3, -0.25) is 4.79 Å². The Bertz CT molecular complexity index is 382. The average molecular weight is 253 g/mol. The van der Waals surface area contributed by atoms with Crippen molar-refractivity contribution in [2.45, 2.75) is 25.7 Å². The molecule has 0 radical (unpaired) electrons. The summed E-state index contributed by atoms with van der Waals surface area (Å²) in [5.41, 5.74) is 0.993. The van der Waals surface area contributed by atoms with Gasteiger partial charge >= 0.3 is 5.97 Å². The first-order valence-electron chi connectivity index (χ1n) is 6.22. The van der Waals surface area contributed by atoms with Gasteiger partial charge in [-0.2, -0.15) is 0 Å². The highest BCUT2D eigenvalue weighted by atomic mass is 19.1. The Hall–Kier alpha value is -1.42. The molecule has 100 valence electrons. The number of carboxylic acid groups (broad SMARTS) is 1. The zero-order valence-corrected chi connectivity index (χ0v) is 10.7. The van der Waals surface area contributed by atoms with Crippen molar-refractivity contribution >= 4 is 5.97 Å². The van der Waals surface area contributed by atoms with E-state index in [1.54, 1.807) is 12.1 Å². The fourth-order valence-electron chi connectivity index (χ4n) is 1.78. The SMILES string of the molecule is CN(CCCCC(=O)O)CCc1cccc(F)c1. The number of benzene rings is 1. The summed E-state index contributed by atoms with van der Waals surface area (Å²) in [5.74, 6) is -0.936. The molecule has 0 fully saturated rings. The summed E-state index contributed by atoms with van der Waals surface area (Å²) < 4.78 is 12.9. The van der Waals surface area contributed by atoms with Crippen molar-refractivity contribution in [2.75, 3.05) is 20.1 Å². The van der Waals surface area contributed by atoms with Crippen LogP contribution in [0.3, 0.4) is 0 Å². The zero-order valence-electron chi connectivity index (χ0n) is 10.7. The van der Waals surface area contributed by atoms with Crippen molar-refractivity contribution in [3.63, 3.8) is 0 Å². The smallest absolute Gasteiger partial charge is 0.303 e. The summed E-state index contributed by atoms with van der Waals surface area (Å²) in [4.78, 5) is 12.5. The Kier molecular flexibility index (Phi) is 6.36. The van der Waals surface area contributed by atoms with Crippen LogP contribution in [0.2, 0.25) is 0 Å². The van der Waals surface area contributed by atoms with Crippen LogP contribution >= 0.6 is 0 Å². The van der Waals surface area contributed by atoms with Gasteiger partial charge in [-0.15, -0.1) is 0 Å². The first-order chi connectivity index (χ1) is 8.58. The molecule has 0 unspecified atom stereocenters. The van der Waals surface area contributed by atoms with E-state index in [1.807, 2.05) is 13.1 Å².